The number of benzene rings is 1. The van der Waals surface area contributed by atoms with Crippen LogP contribution in [0, 0.1) is 18.6 Å². The Morgan fingerprint density at radius 1 is 1.32 bits per heavy atom. The van der Waals surface area contributed by atoms with E-state index in [-0.39, 0.29) is 6.54 Å². The lowest BCUT2D eigenvalue weighted by atomic mass is 10.1. The third-order valence-electron chi connectivity index (χ3n) is 3.67. The molecule has 1 aromatic carbocycles. The predicted molar refractivity (Wildman–Crippen MR) is 73.5 cm³/mol. The standard InChI is InChI=1S/C14H14F2N2O3S/c1-9-7-12(17-21-9)13-3-2-6-18(13)22(19,20)14-8-10(15)4-5-11(14)16/h4-5,7-8,13H,2-3,6H2,1H3. The van der Waals surface area contributed by atoms with Gasteiger partial charge >= 0.3 is 0 Å². The van der Waals surface area contributed by atoms with Crippen molar-refractivity contribution in [2.24, 2.45) is 0 Å². The minimum Gasteiger partial charge on any atom is -0.361 e. The van der Waals surface area contributed by atoms with Crippen molar-refractivity contribution in [2.45, 2.75) is 30.7 Å². The second kappa shape index (κ2) is 5.44. The summed E-state index contributed by atoms with van der Waals surface area (Å²) in [6.45, 7) is 1.94. The molecule has 0 N–H and O–H groups in total. The number of halogens is 2. The van der Waals surface area contributed by atoms with E-state index in [9.17, 15) is 17.2 Å². The molecule has 0 amide bonds. The molecule has 3 rings (SSSR count). The molecule has 8 heteroatoms. The van der Waals surface area contributed by atoms with Crippen LogP contribution in [0.4, 0.5) is 8.78 Å². The van der Waals surface area contributed by atoms with E-state index in [0.717, 1.165) is 16.4 Å². The van der Waals surface area contributed by atoms with E-state index in [2.05, 4.69) is 5.16 Å². The Bertz CT molecular complexity index is 804. The second-order valence-corrected chi connectivity index (χ2v) is 7.07. The highest BCUT2D eigenvalue weighted by Gasteiger charge is 2.39. The molecule has 118 valence electrons. The zero-order valence-electron chi connectivity index (χ0n) is 11.8. The topological polar surface area (TPSA) is 63.4 Å². The average Bonchev–Trinajstić information content (AvgIpc) is 3.09. The van der Waals surface area contributed by atoms with Crippen LogP contribution in [0.25, 0.3) is 0 Å². The number of sulfonamides is 1. The molecule has 1 aliphatic rings. The molecule has 1 atom stereocenters. The molecule has 5 nitrogen and oxygen atoms in total. The maximum absolute atomic E-state index is 13.8. The van der Waals surface area contributed by atoms with Crippen LogP contribution in [0.1, 0.15) is 30.3 Å². The lowest BCUT2D eigenvalue weighted by Gasteiger charge is -2.22. The normalized spacial score (nSPS) is 19.7. The second-order valence-electron chi connectivity index (χ2n) is 5.21. The summed E-state index contributed by atoms with van der Waals surface area (Å²) < 4.78 is 58.6. The Kier molecular flexibility index (Phi) is 3.73. The molecule has 22 heavy (non-hydrogen) atoms. The van der Waals surface area contributed by atoms with Gasteiger partial charge in [0, 0.05) is 12.6 Å². The smallest absolute Gasteiger partial charge is 0.246 e. The van der Waals surface area contributed by atoms with Crippen molar-refractivity contribution < 1.29 is 21.7 Å². The Labute approximate surface area is 126 Å². The Morgan fingerprint density at radius 3 is 2.77 bits per heavy atom. The van der Waals surface area contributed by atoms with Gasteiger partial charge < -0.3 is 4.52 Å². The summed E-state index contributed by atoms with van der Waals surface area (Å²) in [5, 5.41) is 3.85. The fraction of sp³-hybridized carbons (Fsp3) is 0.357. The summed E-state index contributed by atoms with van der Waals surface area (Å²) in [4.78, 5) is -0.653. The zero-order chi connectivity index (χ0) is 15.9. The van der Waals surface area contributed by atoms with Crippen LogP contribution in [0.15, 0.2) is 33.7 Å². The molecule has 1 aliphatic heterocycles. The van der Waals surface area contributed by atoms with Gasteiger partial charge in [0.2, 0.25) is 10.0 Å². The number of nitrogens with zero attached hydrogens (tertiary/aromatic N) is 2. The van der Waals surface area contributed by atoms with Gasteiger partial charge in [0.25, 0.3) is 0 Å². The fourth-order valence-corrected chi connectivity index (χ4v) is 4.41. The van der Waals surface area contributed by atoms with Crippen LogP contribution < -0.4 is 0 Å². The maximum atomic E-state index is 13.8. The van der Waals surface area contributed by atoms with Crippen LogP contribution in [0.2, 0.25) is 0 Å². The largest absolute Gasteiger partial charge is 0.361 e. The van der Waals surface area contributed by atoms with Crippen molar-refractivity contribution in [3.8, 4) is 0 Å². The first kappa shape index (κ1) is 15.1. The molecule has 1 unspecified atom stereocenters. The maximum Gasteiger partial charge on any atom is 0.246 e. The number of hydrogen-bond donors (Lipinski definition) is 0. The van der Waals surface area contributed by atoms with E-state index in [1.165, 1.54) is 0 Å². The first-order valence-corrected chi connectivity index (χ1v) is 8.24. The van der Waals surface area contributed by atoms with Crippen LogP contribution in [0.5, 0.6) is 0 Å². The molecule has 2 aromatic rings. The van der Waals surface area contributed by atoms with Crippen molar-refractivity contribution >= 4 is 10.0 Å². The quantitative estimate of drug-likeness (QED) is 0.869. The lowest BCUT2D eigenvalue weighted by molar-refractivity contribution is 0.348. The predicted octanol–water partition coefficient (Wildman–Crippen LogP) is 2.79. The molecule has 1 saturated heterocycles. The molecule has 1 fully saturated rings. The Morgan fingerprint density at radius 2 is 2.09 bits per heavy atom. The molecular weight excluding hydrogens is 314 g/mol. The molecule has 0 spiro atoms. The van der Waals surface area contributed by atoms with Gasteiger partial charge in [-0.15, -0.1) is 0 Å². The van der Waals surface area contributed by atoms with Crippen LogP contribution in [-0.4, -0.2) is 24.4 Å². The number of hydrogen-bond acceptors (Lipinski definition) is 4. The van der Waals surface area contributed by atoms with Gasteiger partial charge in [-0.2, -0.15) is 4.31 Å². The van der Waals surface area contributed by atoms with Crippen molar-refractivity contribution in [3.63, 3.8) is 0 Å². The summed E-state index contributed by atoms with van der Waals surface area (Å²) in [5.74, 6) is -1.20. The Hall–Kier alpha value is -1.80. The van der Waals surface area contributed by atoms with Gasteiger partial charge in [0.05, 0.1) is 6.04 Å². The van der Waals surface area contributed by atoms with Crippen LogP contribution in [0.3, 0.4) is 0 Å². The summed E-state index contributed by atoms with van der Waals surface area (Å²) in [6, 6.07) is 3.53. The molecule has 1 aromatic heterocycles. The summed E-state index contributed by atoms with van der Waals surface area (Å²) in [5.41, 5.74) is 0.482. The first-order valence-electron chi connectivity index (χ1n) is 6.80. The van der Waals surface area contributed by atoms with E-state index in [4.69, 9.17) is 4.52 Å². The first-order chi connectivity index (χ1) is 10.4. The monoisotopic (exact) mass is 328 g/mol. The van der Waals surface area contributed by atoms with Crippen LogP contribution in [-0.2, 0) is 10.0 Å². The molecule has 0 radical (unpaired) electrons. The number of aromatic nitrogens is 1. The van der Waals surface area contributed by atoms with Crippen LogP contribution >= 0.6 is 0 Å². The molecule has 0 aliphatic carbocycles. The zero-order valence-corrected chi connectivity index (χ0v) is 12.6. The minimum atomic E-state index is -4.14. The SMILES string of the molecule is Cc1cc(C2CCCN2S(=O)(=O)c2cc(F)ccc2F)no1. The van der Waals surface area contributed by atoms with E-state index in [1.807, 2.05) is 0 Å². The van der Waals surface area contributed by atoms with Gasteiger partial charge in [-0.05, 0) is 38.0 Å². The highest BCUT2D eigenvalue weighted by atomic mass is 32.2. The third kappa shape index (κ3) is 2.52. The van der Waals surface area contributed by atoms with Crippen molar-refractivity contribution in [1.29, 1.82) is 0 Å². The number of rotatable bonds is 3. The van der Waals surface area contributed by atoms with E-state index in [1.54, 1.807) is 13.0 Å². The van der Waals surface area contributed by atoms with Gasteiger partial charge in [-0.25, -0.2) is 17.2 Å². The molecule has 2 heterocycles. The van der Waals surface area contributed by atoms with Crippen molar-refractivity contribution in [3.05, 3.63) is 47.4 Å². The minimum absolute atomic E-state index is 0.231. The van der Waals surface area contributed by atoms with E-state index in [0.29, 0.717) is 30.4 Å². The van der Waals surface area contributed by atoms with Gasteiger partial charge in [0.1, 0.15) is 28.0 Å². The van der Waals surface area contributed by atoms with E-state index < -0.39 is 32.6 Å². The van der Waals surface area contributed by atoms with Crippen molar-refractivity contribution in [1.82, 2.24) is 9.46 Å². The van der Waals surface area contributed by atoms with Crippen molar-refractivity contribution in [2.75, 3.05) is 6.54 Å². The highest BCUT2D eigenvalue weighted by Crippen LogP contribution is 2.36. The Balaban J connectivity index is 2.02. The van der Waals surface area contributed by atoms with Gasteiger partial charge in [0.15, 0.2) is 0 Å². The summed E-state index contributed by atoms with van der Waals surface area (Å²) >= 11 is 0. The molecule has 0 saturated carbocycles. The van der Waals surface area contributed by atoms with Gasteiger partial charge in [-0.1, -0.05) is 5.16 Å². The fourth-order valence-electron chi connectivity index (χ4n) is 2.67. The molecular formula is C14H14F2N2O3S. The highest BCUT2D eigenvalue weighted by molar-refractivity contribution is 7.89. The summed E-state index contributed by atoms with van der Waals surface area (Å²) in [6.07, 6.45) is 1.18. The molecule has 0 bridgehead atoms. The third-order valence-corrected chi connectivity index (χ3v) is 5.59. The lowest BCUT2D eigenvalue weighted by Crippen LogP contribution is -2.31. The number of aryl methyl sites for hydroxylation is 1. The van der Waals surface area contributed by atoms with Gasteiger partial charge in [-0.3, -0.25) is 0 Å². The van der Waals surface area contributed by atoms with E-state index >= 15 is 0 Å². The summed E-state index contributed by atoms with van der Waals surface area (Å²) in [7, 11) is -4.14. The average molecular weight is 328 g/mol.